The van der Waals surface area contributed by atoms with Gasteiger partial charge in [-0.05, 0) is 58.2 Å². The van der Waals surface area contributed by atoms with Gasteiger partial charge in [0.25, 0.3) is 0 Å². The van der Waals surface area contributed by atoms with E-state index in [1.54, 1.807) is 13.0 Å². The van der Waals surface area contributed by atoms with Crippen LogP contribution in [0.3, 0.4) is 0 Å². The number of ether oxygens (including phenoxy) is 1. The Morgan fingerprint density at radius 1 is 1.40 bits per heavy atom. The number of fused-ring (bicyclic) bond motifs is 1. The number of carbonyl (C=O) groups is 1. The van der Waals surface area contributed by atoms with Gasteiger partial charge in [0.1, 0.15) is 10.2 Å². The first-order chi connectivity index (χ1) is 14.4. The molecule has 0 radical (unpaired) electrons. The molecule has 1 aliphatic carbocycles. The summed E-state index contributed by atoms with van der Waals surface area (Å²) in [6.45, 7) is 2.97. The van der Waals surface area contributed by atoms with Gasteiger partial charge >= 0.3 is 5.97 Å². The fourth-order valence-corrected chi connectivity index (χ4v) is 5.29. The number of nitrogens with zero attached hydrogens (tertiary/aromatic N) is 2. The third-order valence-electron chi connectivity index (χ3n) is 5.60. The molecular formula is C22H29ClN4O2S. The summed E-state index contributed by atoms with van der Waals surface area (Å²) in [5, 5.41) is 9.21. The quantitative estimate of drug-likeness (QED) is 0.442. The van der Waals surface area contributed by atoms with E-state index in [-0.39, 0.29) is 5.17 Å². The number of hydrogen-bond donors (Lipinski definition) is 2. The Balaban J connectivity index is 1.75. The molecule has 0 bridgehead atoms. The van der Waals surface area contributed by atoms with Crippen molar-refractivity contribution < 1.29 is 9.53 Å². The summed E-state index contributed by atoms with van der Waals surface area (Å²) in [5.74, 6) is -0.413. The number of hydrogen-bond acceptors (Lipinski definition) is 7. The van der Waals surface area contributed by atoms with Gasteiger partial charge < -0.3 is 15.4 Å². The van der Waals surface area contributed by atoms with Gasteiger partial charge in [0.05, 0.1) is 17.7 Å². The van der Waals surface area contributed by atoms with E-state index < -0.39 is 5.97 Å². The normalized spacial score (nSPS) is 19.6. The van der Waals surface area contributed by atoms with Crippen LogP contribution >= 0.6 is 22.9 Å². The average molecular weight is 449 g/mol. The zero-order valence-corrected chi connectivity index (χ0v) is 19.1. The van der Waals surface area contributed by atoms with E-state index in [2.05, 4.69) is 16.9 Å². The van der Waals surface area contributed by atoms with Crippen molar-refractivity contribution in [1.29, 1.82) is 5.41 Å². The van der Waals surface area contributed by atoms with Crippen molar-refractivity contribution in [2.24, 2.45) is 10.7 Å². The fraction of sp³-hybridized carbons (Fsp3) is 0.500. The largest absolute Gasteiger partial charge is 0.462 e. The number of benzene rings is 1. The van der Waals surface area contributed by atoms with Gasteiger partial charge in [-0.3, -0.25) is 5.41 Å². The molecule has 0 atom stereocenters. The topological polar surface area (TPSA) is 91.8 Å². The van der Waals surface area contributed by atoms with E-state index in [9.17, 15) is 4.79 Å². The molecule has 1 aromatic heterocycles. The fourth-order valence-electron chi connectivity index (χ4n) is 3.94. The van der Waals surface area contributed by atoms with E-state index in [0.717, 1.165) is 43.3 Å². The number of rotatable bonds is 8. The van der Waals surface area contributed by atoms with Gasteiger partial charge in [-0.25, -0.2) is 9.79 Å². The molecule has 1 aliphatic rings. The van der Waals surface area contributed by atoms with Gasteiger partial charge in [0.2, 0.25) is 0 Å². The van der Waals surface area contributed by atoms with Crippen LogP contribution in [0.15, 0.2) is 23.2 Å². The Morgan fingerprint density at radius 3 is 2.80 bits per heavy atom. The third kappa shape index (κ3) is 5.27. The molecule has 0 saturated heterocycles. The maximum absolute atomic E-state index is 12.4. The first-order valence-corrected chi connectivity index (χ1v) is 11.6. The van der Waals surface area contributed by atoms with Crippen LogP contribution in [0.1, 0.15) is 54.9 Å². The maximum Gasteiger partial charge on any atom is 0.338 e. The summed E-state index contributed by atoms with van der Waals surface area (Å²) in [6.07, 6.45) is 7.16. The lowest BCUT2D eigenvalue weighted by atomic mass is 9.91. The third-order valence-corrected chi connectivity index (χ3v) is 6.85. The molecule has 6 nitrogen and oxygen atoms in total. The minimum absolute atomic E-state index is 0.124. The highest BCUT2D eigenvalue weighted by atomic mass is 35.5. The Labute approximate surface area is 186 Å². The molecule has 1 aromatic carbocycles. The number of thiophene rings is 1. The van der Waals surface area contributed by atoms with Gasteiger partial charge in [0, 0.05) is 34.9 Å². The van der Waals surface area contributed by atoms with Crippen molar-refractivity contribution in [3.05, 3.63) is 29.3 Å². The smallest absolute Gasteiger partial charge is 0.338 e. The second kappa shape index (κ2) is 10.5. The first-order valence-electron chi connectivity index (χ1n) is 10.4. The standard InChI is InChI=1S/C22H29ClN4O2S/c1-3-29-22(28)16-6-4-7-17-18(16)19(20(23)25)21(30-17)26-12-5-13-27(2)15-10-8-14(24)9-11-15/h4,6-7,12,14-15,25H,3,5,8-11,13,24H2,1-2H3. The van der Waals surface area contributed by atoms with Crippen molar-refractivity contribution in [2.75, 3.05) is 20.2 Å². The maximum atomic E-state index is 12.4. The van der Waals surface area contributed by atoms with E-state index in [1.807, 2.05) is 18.3 Å². The molecule has 0 spiro atoms. The molecule has 0 amide bonds. The van der Waals surface area contributed by atoms with Crippen molar-refractivity contribution >= 4 is 55.4 Å². The highest BCUT2D eigenvalue weighted by Gasteiger charge is 2.22. The molecule has 3 N–H and O–H groups in total. The number of halogens is 1. The molecule has 0 unspecified atom stereocenters. The van der Waals surface area contributed by atoms with Crippen LogP contribution in [0.2, 0.25) is 0 Å². The lowest BCUT2D eigenvalue weighted by Gasteiger charge is -2.33. The van der Waals surface area contributed by atoms with Gasteiger partial charge in [-0.2, -0.15) is 0 Å². The van der Waals surface area contributed by atoms with Crippen LogP contribution < -0.4 is 5.73 Å². The molecule has 1 heterocycles. The summed E-state index contributed by atoms with van der Waals surface area (Å²) in [6, 6.07) is 6.36. The van der Waals surface area contributed by atoms with Gasteiger partial charge in [-0.1, -0.05) is 17.7 Å². The van der Waals surface area contributed by atoms with Crippen LogP contribution in [0, 0.1) is 5.41 Å². The SMILES string of the molecule is CCOC(=O)c1cccc2sc(N=CCCN(C)C3CCC(N)CC3)c(C(=N)Cl)c12. The zero-order chi connectivity index (χ0) is 21.7. The van der Waals surface area contributed by atoms with Crippen LogP contribution in [0.25, 0.3) is 10.1 Å². The molecule has 162 valence electrons. The number of carbonyl (C=O) groups excluding carboxylic acids is 1. The lowest BCUT2D eigenvalue weighted by Crippen LogP contribution is -2.39. The Bertz CT molecular complexity index is 935. The predicted octanol–water partition coefficient (Wildman–Crippen LogP) is 4.94. The predicted molar refractivity (Wildman–Crippen MR) is 126 cm³/mol. The molecule has 2 aromatic rings. The van der Waals surface area contributed by atoms with Crippen LogP contribution in [-0.2, 0) is 4.74 Å². The molecule has 1 fully saturated rings. The summed E-state index contributed by atoms with van der Waals surface area (Å²) in [4.78, 5) is 19.4. The number of nitrogens with one attached hydrogen (secondary N) is 1. The second-order valence-electron chi connectivity index (χ2n) is 7.64. The van der Waals surface area contributed by atoms with E-state index in [4.69, 9.17) is 27.5 Å². The van der Waals surface area contributed by atoms with Gasteiger partial charge in [0.15, 0.2) is 0 Å². The Morgan fingerprint density at radius 2 is 2.13 bits per heavy atom. The van der Waals surface area contributed by atoms with Crippen molar-refractivity contribution in [3.63, 3.8) is 0 Å². The minimum atomic E-state index is -0.413. The highest BCUT2D eigenvalue weighted by molar-refractivity contribution is 7.23. The highest BCUT2D eigenvalue weighted by Crippen LogP contribution is 2.40. The van der Waals surface area contributed by atoms with Crippen LogP contribution in [0.5, 0.6) is 0 Å². The minimum Gasteiger partial charge on any atom is -0.462 e. The summed E-state index contributed by atoms with van der Waals surface area (Å²) in [7, 11) is 2.15. The molecule has 8 heteroatoms. The summed E-state index contributed by atoms with van der Waals surface area (Å²) < 4.78 is 6.03. The van der Waals surface area contributed by atoms with Crippen LogP contribution in [0.4, 0.5) is 5.00 Å². The number of aliphatic imine (C=N–C) groups is 1. The second-order valence-corrected chi connectivity index (χ2v) is 9.05. The molecular weight excluding hydrogens is 420 g/mol. The monoisotopic (exact) mass is 448 g/mol. The van der Waals surface area contributed by atoms with Crippen molar-refractivity contribution in [1.82, 2.24) is 4.90 Å². The summed E-state index contributed by atoms with van der Waals surface area (Å²) in [5.41, 5.74) is 6.92. The van der Waals surface area contributed by atoms with E-state index >= 15 is 0 Å². The first kappa shape index (κ1) is 22.9. The number of esters is 1. The van der Waals surface area contributed by atoms with Crippen molar-refractivity contribution in [3.8, 4) is 0 Å². The molecule has 0 aliphatic heterocycles. The molecule has 30 heavy (non-hydrogen) atoms. The average Bonchev–Trinajstić information content (AvgIpc) is 3.10. The molecule has 3 rings (SSSR count). The number of nitrogens with two attached hydrogens (primary N) is 1. The van der Waals surface area contributed by atoms with E-state index in [1.165, 1.54) is 11.3 Å². The Kier molecular flexibility index (Phi) is 7.99. The Hall–Kier alpha value is -1.80. The zero-order valence-electron chi connectivity index (χ0n) is 17.5. The van der Waals surface area contributed by atoms with Gasteiger partial charge in [-0.15, -0.1) is 11.3 Å². The van der Waals surface area contributed by atoms with E-state index in [0.29, 0.717) is 40.2 Å². The molecule has 1 saturated carbocycles. The lowest BCUT2D eigenvalue weighted by molar-refractivity contribution is 0.0528. The van der Waals surface area contributed by atoms with Crippen molar-refractivity contribution in [2.45, 2.75) is 51.1 Å². The summed E-state index contributed by atoms with van der Waals surface area (Å²) >= 11 is 7.54. The van der Waals surface area contributed by atoms with Crippen LogP contribution in [-0.4, -0.2) is 54.5 Å².